The van der Waals surface area contributed by atoms with Gasteiger partial charge in [-0.2, -0.15) is 0 Å². The van der Waals surface area contributed by atoms with Crippen LogP contribution in [0.15, 0.2) is 59.6 Å². The van der Waals surface area contributed by atoms with E-state index >= 15 is 0 Å². The average Bonchev–Trinajstić information content (AvgIpc) is 2.94. The minimum absolute atomic E-state index is 0.238. The summed E-state index contributed by atoms with van der Waals surface area (Å²) < 4.78 is 5.30. The maximum atomic E-state index is 12.5. The Hall–Kier alpha value is -2.42. The summed E-state index contributed by atoms with van der Waals surface area (Å²) in [5, 5.41) is 0. The Morgan fingerprint density at radius 3 is 2.27 bits per heavy atom. The van der Waals surface area contributed by atoms with Crippen LogP contribution >= 0.6 is 0 Å². The van der Waals surface area contributed by atoms with E-state index in [2.05, 4.69) is 17.1 Å². The van der Waals surface area contributed by atoms with Gasteiger partial charge in [-0.25, -0.2) is 4.79 Å². The largest absolute Gasteiger partial charge is 0.464 e. The molecule has 0 radical (unpaired) electrons. The number of nitrogens with zero attached hydrogens (tertiary/aromatic N) is 1. The van der Waals surface area contributed by atoms with Crippen LogP contribution in [0.5, 0.6) is 0 Å². The minimum Gasteiger partial charge on any atom is -0.464 e. The van der Waals surface area contributed by atoms with Gasteiger partial charge in [-0.1, -0.05) is 54.6 Å². The van der Waals surface area contributed by atoms with Crippen LogP contribution in [0.2, 0.25) is 0 Å². The first-order chi connectivity index (χ1) is 10.7. The highest BCUT2D eigenvalue weighted by Gasteiger charge is 2.44. The Morgan fingerprint density at radius 2 is 1.68 bits per heavy atom. The van der Waals surface area contributed by atoms with Gasteiger partial charge in [0.25, 0.3) is 0 Å². The normalized spacial score (nSPS) is 15.7. The summed E-state index contributed by atoms with van der Waals surface area (Å²) in [6, 6.07) is 18.0. The number of carbonyl (C=O) groups excluding carboxylic acids is 1. The van der Waals surface area contributed by atoms with E-state index < -0.39 is 5.54 Å². The van der Waals surface area contributed by atoms with Crippen LogP contribution in [0, 0.1) is 0 Å². The molecule has 0 fully saturated rings. The number of fused-ring (bicyclic) bond motifs is 1. The summed E-state index contributed by atoms with van der Waals surface area (Å²) in [7, 11) is 0. The number of esters is 1. The lowest BCUT2D eigenvalue weighted by Gasteiger charge is -2.21. The van der Waals surface area contributed by atoms with E-state index in [4.69, 9.17) is 4.74 Å². The van der Waals surface area contributed by atoms with Gasteiger partial charge in [0.15, 0.2) is 5.54 Å². The third-order valence-electron chi connectivity index (χ3n) is 4.00. The Morgan fingerprint density at radius 1 is 1.09 bits per heavy atom. The van der Waals surface area contributed by atoms with E-state index in [-0.39, 0.29) is 5.97 Å². The van der Waals surface area contributed by atoms with Gasteiger partial charge in [-0.3, -0.25) is 4.99 Å². The number of ether oxygens (including phenoxy) is 1. The molecule has 0 aliphatic heterocycles. The first-order valence-corrected chi connectivity index (χ1v) is 7.58. The van der Waals surface area contributed by atoms with E-state index in [1.165, 1.54) is 11.1 Å². The van der Waals surface area contributed by atoms with Crippen LogP contribution in [-0.2, 0) is 22.4 Å². The molecule has 3 rings (SSSR count). The number of aliphatic imine (C=N–C) groups is 1. The van der Waals surface area contributed by atoms with Gasteiger partial charge in [0.05, 0.1) is 6.61 Å². The van der Waals surface area contributed by atoms with Crippen LogP contribution in [0.3, 0.4) is 0 Å². The van der Waals surface area contributed by atoms with Crippen molar-refractivity contribution < 1.29 is 9.53 Å². The maximum Gasteiger partial charge on any atom is 0.334 e. The standard InChI is InChI=1S/C19H19NO2/c1-2-22-18(21)19(20-14-15-8-4-3-5-9-15)12-16-10-6-7-11-17(16)13-19/h3-11,14H,2,12-13H2,1H3. The highest BCUT2D eigenvalue weighted by molar-refractivity contribution is 5.88. The van der Waals surface area contributed by atoms with Crippen molar-refractivity contribution >= 4 is 12.2 Å². The summed E-state index contributed by atoms with van der Waals surface area (Å²) in [5.41, 5.74) is 2.53. The quantitative estimate of drug-likeness (QED) is 0.641. The molecule has 22 heavy (non-hydrogen) atoms. The predicted molar refractivity (Wildman–Crippen MR) is 87.3 cm³/mol. The zero-order chi connectivity index (χ0) is 15.4. The molecule has 0 aromatic heterocycles. The molecule has 1 aliphatic carbocycles. The van der Waals surface area contributed by atoms with Gasteiger partial charge in [0, 0.05) is 19.1 Å². The van der Waals surface area contributed by atoms with Crippen molar-refractivity contribution in [2.45, 2.75) is 25.3 Å². The first-order valence-electron chi connectivity index (χ1n) is 7.58. The molecule has 2 aromatic rings. The molecule has 0 atom stereocenters. The zero-order valence-corrected chi connectivity index (χ0v) is 12.7. The summed E-state index contributed by atoms with van der Waals surface area (Å²) in [4.78, 5) is 17.2. The summed E-state index contributed by atoms with van der Waals surface area (Å²) in [5.74, 6) is -0.238. The van der Waals surface area contributed by atoms with Crippen LogP contribution in [0.25, 0.3) is 0 Å². The van der Waals surface area contributed by atoms with Gasteiger partial charge in [0.1, 0.15) is 0 Å². The average molecular weight is 293 g/mol. The molecular weight excluding hydrogens is 274 g/mol. The number of rotatable bonds is 4. The van der Waals surface area contributed by atoms with Crippen LogP contribution in [0.4, 0.5) is 0 Å². The van der Waals surface area contributed by atoms with Crippen LogP contribution < -0.4 is 0 Å². The molecule has 0 saturated carbocycles. The second kappa shape index (κ2) is 6.14. The fourth-order valence-corrected chi connectivity index (χ4v) is 2.89. The van der Waals surface area contributed by atoms with E-state index in [1.807, 2.05) is 49.4 Å². The van der Waals surface area contributed by atoms with Crippen LogP contribution in [0.1, 0.15) is 23.6 Å². The predicted octanol–water partition coefficient (Wildman–Crippen LogP) is 3.21. The van der Waals surface area contributed by atoms with Gasteiger partial charge < -0.3 is 4.74 Å². The second-order valence-corrected chi connectivity index (χ2v) is 5.54. The molecule has 0 spiro atoms. The summed E-state index contributed by atoms with van der Waals surface area (Å²) in [6.45, 7) is 2.20. The van der Waals surface area contributed by atoms with Crippen LogP contribution in [-0.4, -0.2) is 24.3 Å². The molecule has 1 aliphatic rings. The highest BCUT2D eigenvalue weighted by atomic mass is 16.5. The van der Waals surface area contributed by atoms with E-state index in [1.54, 1.807) is 6.21 Å². The molecule has 3 heteroatoms. The lowest BCUT2D eigenvalue weighted by molar-refractivity contribution is -0.149. The number of hydrogen-bond acceptors (Lipinski definition) is 3. The molecule has 0 bridgehead atoms. The Bertz CT molecular complexity index is 667. The monoisotopic (exact) mass is 293 g/mol. The van der Waals surface area contributed by atoms with Crippen molar-refractivity contribution in [1.82, 2.24) is 0 Å². The molecular formula is C19H19NO2. The molecule has 0 heterocycles. The molecule has 0 saturated heterocycles. The minimum atomic E-state index is -0.824. The van der Waals surface area contributed by atoms with Gasteiger partial charge in [0.2, 0.25) is 0 Å². The molecule has 0 N–H and O–H groups in total. The third kappa shape index (κ3) is 2.80. The summed E-state index contributed by atoms with van der Waals surface area (Å²) in [6.07, 6.45) is 2.99. The smallest absolute Gasteiger partial charge is 0.334 e. The van der Waals surface area contributed by atoms with E-state index in [0.29, 0.717) is 19.4 Å². The second-order valence-electron chi connectivity index (χ2n) is 5.54. The van der Waals surface area contributed by atoms with E-state index in [9.17, 15) is 4.79 Å². The molecule has 2 aromatic carbocycles. The highest BCUT2D eigenvalue weighted by Crippen LogP contribution is 2.34. The molecule has 3 nitrogen and oxygen atoms in total. The summed E-state index contributed by atoms with van der Waals surface area (Å²) >= 11 is 0. The topological polar surface area (TPSA) is 38.7 Å². The van der Waals surface area contributed by atoms with Crippen molar-refractivity contribution in [2.75, 3.05) is 6.61 Å². The molecule has 0 unspecified atom stereocenters. The van der Waals surface area contributed by atoms with Crippen molar-refractivity contribution in [2.24, 2.45) is 4.99 Å². The molecule has 0 amide bonds. The SMILES string of the molecule is CCOC(=O)C1(N=Cc2ccccc2)Cc2ccccc2C1. The Labute approximate surface area is 130 Å². The van der Waals surface area contributed by atoms with Crippen molar-refractivity contribution in [3.05, 3.63) is 71.3 Å². The third-order valence-corrected chi connectivity index (χ3v) is 4.00. The fourth-order valence-electron chi connectivity index (χ4n) is 2.89. The van der Waals surface area contributed by atoms with Crippen molar-refractivity contribution in [3.63, 3.8) is 0 Å². The maximum absolute atomic E-state index is 12.5. The number of hydrogen-bond donors (Lipinski definition) is 0. The van der Waals surface area contributed by atoms with Crippen molar-refractivity contribution in [3.8, 4) is 0 Å². The lowest BCUT2D eigenvalue weighted by Crippen LogP contribution is -2.39. The van der Waals surface area contributed by atoms with Gasteiger partial charge >= 0.3 is 5.97 Å². The fraction of sp³-hybridized carbons (Fsp3) is 0.263. The first kappa shape index (κ1) is 14.5. The van der Waals surface area contributed by atoms with Gasteiger partial charge in [-0.15, -0.1) is 0 Å². The Kier molecular flexibility index (Phi) is 4.05. The van der Waals surface area contributed by atoms with Gasteiger partial charge in [-0.05, 0) is 23.6 Å². The number of carbonyl (C=O) groups is 1. The zero-order valence-electron chi connectivity index (χ0n) is 12.7. The lowest BCUT2D eigenvalue weighted by atomic mass is 9.96. The number of benzene rings is 2. The van der Waals surface area contributed by atoms with Crippen molar-refractivity contribution in [1.29, 1.82) is 0 Å². The van der Waals surface area contributed by atoms with E-state index in [0.717, 1.165) is 5.56 Å². The Balaban J connectivity index is 1.92. The molecule has 112 valence electrons.